The first-order chi connectivity index (χ1) is 5.47. The van der Waals surface area contributed by atoms with Gasteiger partial charge in [0, 0.05) is 5.75 Å². The molecule has 0 spiro atoms. The standard InChI is InChI=1S/C9H21N2S/c1-10(2)4-6-11(3,7-5-10)8-9-12/h4-9H2,1-3H3/q+1/p+1. The Balaban J connectivity index is 2.44. The summed E-state index contributed by atoms with van der Waals surface area (Å²) in [5.41, 5.74) is 0. The third-order valence-corrected chi connectivity index (χ3v) is 3.33. The number of quaternary nitrogens is 2. The van der Waals surface area contributed by atoms with Gasteiger partial charge >= 0.3 is 0 Å². The average Bonchev–Trinajstić information content (AvgIpc) is 1.98. The van der Waals surface area contributed by atoms with Gasteiger partial charge < -0.3 is 8.97 Å². The van der Waals surface area contributed by atoms with E-state index in [-0.39, 0.29) is 0 Å². The number of nitrogens with zero attached hydrogens (tertiary/aromatic N) is 2. The maximum absolute atomic E-state index is 4.31. The highest BCUT2D eigenvalue weighted by atomic mass is 32.1. The van der Waals surface area contributed by atoms with Gasteiger partial charge in [0.05, 0.1) is 27.7 Å². The van der Waals surface area contributed by atoms with Gasteiger partial charge in [-0.1, -0.05) is 0 Å². The molecule has 1 rings (SSSR count). The second-order valence-corrected chi connectivity index (χ2v) is 5.34. The fourth-order valence-electron chi connectivity index (χ4n) is 1.71. The lowest BCUT2D eigenvalue weighted by Crippen LogP contribution is -2.62. The second kappa shape index (κ2) is 3.56. The first-order valence-corrected chi connectivity index (χ1v) is 5.37. The Bertz CT molecular complexity index is 147. The first kappa shape index (κ1) is 10.4. The topological polar surface area (TPSA) is 0 Å². The summed E-state index contributed by atoms with van der Waals surface area (Å²) in [4.78, 5) is 0. The molecule has 0 aromatic rings. The molecule has 0 saturated carbocycles. The minimum absolute atomic E-state index is 1.02. The van der Waals surface area contributed by atoms with Crippen molar-refractivity contribution in [3.05, 3.63) is 0 Å². The summed E-state index contributed by atoms with van der Waals surface area (Å²) in [5.74, 6) is 1.02. The van der Waals surface area contributed by atoms with Gasteiger partial charge in [0.1, 0.15) is 26.2 Å². The van der Waals surface area contributed by atoms with E-state index in [1.165, 1.54) is 41.7 Å². The van der Waals surface area contributed by atoms with Crippen molar-refractivity contribution in [2.75, 3.05) is 59.6 Å². The summed E-state index contributed by atoms with van der Waals surface area (Å²) in [6.45, 7) is 6.47. The number of rotatable bonds is 2. The van der Waals surface area contributed by atoms with Crippen LogP contribution in [0.25, 0.3) is 0 Å². The molecule has 72 valence electrons. The van der Waals surface area contributed by atoms with Crippen LogP contribution in [0.1, 0.15) is 0 Å². The first-order valence-electron chi connectivity index (χ1n) is 4.74. The lowest BCUT2D eigenvalue weighted by molar-refractivity contribution is -1.01. The maximum atomic E-state index is 4.31. The Kier molecular flexibility index (Phi) is 3.07. The number of hydrogen-bond donors (Lipinski definition) is 1. The Morgan fingerprint density at radius 3 is 1.92 bits per heavy atom. The number of hydrogen-bond acceptors (Lipinski definition) is 1. The van der Waals surface area contributed by atoms with E-state index in [0.717, 1.165) is 5.75 Å². The van der Waals surface area contributed by atoms with Crippen molar-refractivity contribution < 1.29 is 8.97 Å². The summed E-state index contributed by atoms with van der Waals surface area (Å²) < 4.78 is 2.42. The van der Waals surface area contributed by atoms with Gasteiger partial charge in [-0.25, -0.2) is 0 Å². The fraction of sp³-hybridized carbons (Fsp3) is 1.00. The minimum atomic E-state index is 1.02. The zero-order chi connectivity index (χ0) is 9.24. The Labute approximate surface area is 81.7 Å². The highest BCUT2D eigenvalue weighted by Crippen LogP contribution is 2.13. The van der Waals surface area contributed by atoms with E-state index < -0.39 is 0 Å². The van der Waals surface area contributed by atoms with Gasteiger partial charge in [-0.2, -0.15) is 12.6 Å². The van der Waals surface area contributed by atoms with E-state index in [1.807, 2.05) is 0 Å². The van der Waals surface area contributed by atoms with E-state index >= 15 is 0 Å². The monoisotopic (exact) mass is 190 g/mol. The molecule has 0 aliphatic carbocycles. The average molecular weight is 190 g/mol. The highest BCUT2D eigenvalue weighted by molar-refractivity contribution is 7.80. The van der Waals surface area contributed by atoms with E-state index in [9.17, 15) is 0 Å². The van der Waals surface area contributed by atoms with Crippen molar-refractivity contribution in [3.63, 3.8) is 0 Å². The van der Waals surface area contributed by atoms with Gasteiger partial charge in [-0.05, 0) is 0 Å². The van der Waals surface area contributed by atoms with Crippen molar-refractivity contribution >= 4 is 12.6 Å². The molecule has 1 aliphatic rings. The third-order valence-electron chi connectivity index (χ3n) is 3.13. The zero-order valence-electron chi connectivity index (χ0n) is 8.58. The van der Waals surface area contributed by atoms with Crippen LogP contribution in [0.2, 0.25) is 0 Å². The second-order valence-electron chi connectivity index (χ2n) is 4.90. The van der Waals surface area contributed by atoms with Crippen LogP contribution < -0.4 is 0 Å². The van der Waals surface area contributed by atoms with Crippen molar-refractivity contribution in [2.24, 2.45) is 0 Å². The lowest BCUT2D eigenvalue weighted by Gasteiger charge is -2.44. The normalized spacial score (nSPS) is 27.0. The molecule has 0 radical (unpaired) electrons. The molecule has 1 aliphatic heterocycles. The van der Waals surface area contributed by atoms with Crippen LogP contribution in [0, 0.1) is 0 Å². The van der Waals surface area contributed by atoms with Crippen LogP contribution in [0.15, 0.2) is 0 Å². The predicted octanol–water partition coefficient (Wildman–Crippen LogP) is 0.453. The molecular weight excluding hydrogens is 168 g/mol. The third kappa shape index (κ3) is 2.64. The molecule has 0 amide bonds. The van der Waals surface area contributed by atoms with Gasteiger partial charge in [0.2, 0.25) is 0 Å². The Morgan fingerprint density at radius 1 is 1.00 bits per heavy atom. The zero-order valence-corrected chi connectivity index (χ0v) is 9.48. The summed E-state index contributed by atoms with van der Waals surface area (Å²) in [5, 5.41) is 0. The summed E-state index contributed by atoms with van der Waals surface area (Å²) in [7, 11) is 7.00. The minimum Gasteiger partial charge on any atom is -0.319 e. The largest absolute Gasteiger partial charge is 0.319 e. The summed E-state index contributed by atoms with van der Waals surface area (Å²) >= 11 is 4.31. The van der Waals surface area contributed by atoms with Crippen LogP contribution in [0.3, 0.4) is 0 Å². The van der Waals surface area contributed by atoms with Crippen LogP contribution in [-0.2, 0) is 0 Å². The molecule has 0 aromatic heterocycles. The van der Waals surface area contributed by atoms with E-state index in [4.69, 9.17) is 0 Å². The van der Waals surface area contributed by atoms with Gasteiger partial charge in [0.25, 0.3) is 0 Å². The van der Waals surface area contributed by atoms with Crippen molar-refractivity contribution in [1.29, 1.82) is 0 Å². The van der Waals surface area contributed by atoms with Crippen LogP contribution in [-0.4, -0.2) is 68.6 Å². The SMILES string of the molecule is C[N+]1(C)CC[N+](C)(CCS)CC1. The van der Waals surface area contributed by atoms with E-state index in [0.29, 0.717) is 0 Å². The molecule has 1 saturated heterocycles. The Hall–Kier alpha value is 0.270. The molecular formula is C9H22N2S+2. The van der Waals surface area contributed by atoms with Crippen molar-refractivity contribution in [1.82, 2.24) is 0 Å². The molecule has 2 nitrogen and oxygen atoms in total. The van der Waals surface area contributed by atoms with Gasteiger partial charge in [-0.3, -0.25) is 0 Å². The smallest absolute Gasteiger partial charge is 0.128 e. The molecule has 1 fully saturated rings. The van der Waals surface area contributed by atoms with Crippen molar-refractivity contribution in [2.45, 2.75) is 0 Å². The highest BCUT2D eigenvalue weighted by Gasteiger charge is 2.33. The molecule has 12 heavy (non-hydrogen) atoms. The number of thiol groups is 1. The van der Waals surface area contributed by atoms with E-state index in [2.05, 4.69) is 33.8 Å². The number of likely N-dealkylation sites (N-methyl/N-ethyl adjacent to an activating group) is 2. The molecule has 0 N–H and O–H groups in total. The number of piperazine rings is 1. The molecule has 0 unspecified atom stereocenters. The molecule has 3 heteroatoms. The van der Waals surface area contributed by atoms with Crippen LogP contribution in [0.4, 0.5) is 0 Å². The fourth-order valence-corrected chi connectivity index (χ4v) is 2.20. The van der Waals surface area contributed by atoms with Crippen LogP contribution >= 0.6 is 12.6 Å². The van der Waals surface area contributed by atoms with Gasteiger partial charge in [0.15, 0.2) is 0 Å². The Morgan fingerprint density at radius 2 is 1.50 bits per heavy atom. The van der Waals surface area contributed by atoms with Crippen molar-refractivity contribution in [3.8, 4) is 0 Å². The quantitative estimate of drug-likeness (QED) is 0.474. The van der Waals surface area contributed by atoms with Crippen LogP contribution in [0.5, 0.6) is 0 Å². The van der Waals surface area contributed by atoms with E-state index in [1.54, 1.807) is 0 Å². The molecule has 1 heterocycles. The molecule has 0 bridgehead atoms. The predicted molar refractivity (Wildman–Crippen MR) is 56.5 cm³/mol. The lowest BCUT2D eigenvalue weighted by atomic mass is 10.2. The summed E-state index contributed by atoms with van der Waals surface area (Å²) in [6, 6.07) is 0. The summed E-state index contributed by atoms with van der Waals surface area (Å²) in [6.07, 6.45) is 0. The van der Waals surface area contributed by atoms with Gasteiger partial charge in [-0.15, -0.1) is 0 Å². The maximum Gasteiger partial charge on any atom is 0.128 e. The molecule has 0 atom stereocenters. The molecule has 0 aromatic carbocycles.